The predicted octanol–water partition coefficient (Wildman–Crippen LogP) is 3.82. The van der Waals surface area contributed by atoms with Crippen LogP contribution in [-0.2, 0) is 16.0 Å². The molecule has 0 spiro atoms. The van der Waals surface area contributed by atoms with Gasteiger partial charge in [-0.15, -0.1) is 0 Å². The molecule has 1 aromatic heterocycles. The fraction of sp³-hybridized carbons (Fsp3) is 0.706. The topological polar surface area (TPSA) is 59.7 Å². The summed E-state index contributed by atoms with van der Waals surface area (Å²) in [6, 6.07) is 3.65. The lowest BCUT2D eigenvalue weighted by atomic mass is 9.98. The third kappa shape index (κ3) is 6.34. The third-order valence-corrected chi connectivity index (χ3v) is 3.72. The fourth-order valence-corrected chi connectivity index (χ4v) is 2.47. The van der Waals surface area contributed by atoms with E-state index in [1.54, 1.807) is 0 Å². The maximum absolute atomic E-state index is 11.9. The first kappa shape index (κ1) is 17.8. The molecule has 0 saturated heterocycles. The number of hydrogen-bond acceptors (Lipinski definition) is 4. The number of rotatable bonds is 11. The normalized spacial score (nSPS) is 12.3. The van der Waals surface area contributed by atoms with Gasteiger partial charge in [-0.05, 0) is 18.6 Å². The quantitative estimate of drug-likeness (QED) is 0.498. The lowest BCUT2D eigenvalue weighted by molar-refractivity contribution is -0.143. The van der Waals surface area contributed by atoms with Crippen molar-refractivity contribution in [1.29, 1.82) is 0 Å². The van der Waals surface area contributed by atoms with Crippen molar-refractivity contribution in [2.45, 2.75) is 64.2 Å². The van der Waals surface area contributed by atoms with Gasteiger partial charge < -0.3 is 14.3 Å². The first-order valence-corrected chi connectivity index (χ1v) is 8.00. The van der Waals surface area contributed by atoms with E-state index in [2.05, 4.69) is 6.92 Å². The van der Waals surface area contributed by atoms with Crippen LogP contribution in [0.15, 0.2) is 16.5 Å². The molecule has 1 N–H and O–H groups in total. The molecule has 1 heterocycles. The molecule has 0 bridgehead atoms. The summed E-state index contributed by atoms with van der Waals surface area (Å²) in [6.45, 7) is 2.25. The van der Waals surface area contributed by atoms with Crippen molar-refractivity contribution < 1.29 is 19.1 Å². The highest BCUT2D eigenvalue weighted by molar-refractivity contribution is 5.77. The standard InChI is InChI=1S/C17H28O4/c1-3-4-5-6-7-8-9-15(17(19)20-2)16-11-10-14(21-16)12-13-18/h10-11,15,18H,3-9,12-13H2,1-2H3. The molecule has 0 aliphatic carbocycles. The monoisotopic (exact) mass is 296 g/mol. The Morgan fingerprint density at radius 1 is 1.24 bits per heavy atom. The smallest absolute Gasteiger partial charge is 0.316 e. The maximum atomic E-state index is 11.9. The summed E-state index contributed by atoms with van der Waals surface area (Å²) >= 11 is 0. The van der Waals surface area contributed by atoms with E-state index in [0.29, 0.717) is 17.9 Å². The van der Waals surface area contributed by atoms with E-state index in [9.17, 15) is 4.79 Å². The molecule has 0 amide bonds. The molecule has 4 heteroatoms. The molecule has 0 aliphatic rings. The van der Waals surface area contributed by atoms with Crippen LogP contribution in [0, 0.1) is 0 Å². The van der Waals surface area contributed by atoms with Gasteiger partial charge in [-0.25, -0.2) is 0 Å². The molecule has 4 nitrogen and oxygen atoms in total. The van der Waals surface area contributed by atoms with E-state index in [1.807, 2.05) is 12.1 Å². The van der Waals surface area contributed by atoms with Crippen LogP contribution in [-0.4, -0.2) is 24.8 Å². The molecular weight excluding hydrogens is 268 g/mol. The van der Waals surface area contributed by atoms with E-state index in [0.717, 1.165) is 19.3 Å². The van der Waals surface area contributed by atoms with Gasteiger partial charge in [-0.1, -0.05) is 45.4 Å². The molecule has 1 atom stereocenters. The van der Waals surface area contributed by atoms with E-state index >= 15 is 0 Å². The Kier molecular flexibility index (Phi) is 8.83. The van der Waals surface area contributed by atoms with Gasteiger partial charge in [0.05, 0.1) is 13.7 Å². The molecule has 1 unspecified atom stereocenters. The Balaban J connectivity index is 2.49. The summed E-state index contributed by atoms with van der Waals surface area (Å²) in [5.41, 5.74) is 0. The predicted molar refractivity (Wildman–Crippen MR) is 82.2 cm³/mol. The van der Waals surface area contributed by atoms with Gasteiger partial charge in [0, 0.05) is 6.42 Å². The number of furan rings is 1. The van der Waals surface area contributed by atoms with Crippen LogP contribution >= 0.6 is 0 Å². The van der Waals surface area contributed by atoms with E-state index in [-0.39, 0.29) is 18.5 Å². The highest BCUT2D eigenvalue weighted by Crippen LogP contribution is 2.26. The van der Waals surface area contributed by atoms with E-state index in [1.165, 1.54) is 32.8 Å². The lowest BCUT2D eigenvalue weighted by Crippen LogP contribution is -2.13. The molecule has 1 rings (SSSR count). The van der Waals surface area contributed by atoms with Crippen molar-refractivity contribution in [3.8, 4) is 0 Å². The number of aliphatic hydroxyl groups is 1. The Bertz CT molecular complexity index is 397. The number of carbonyl (C=O) groups excluding carboxylic acids is 1. The zero-order valence-corrected chi connectivity index (χ0v) is 13.3. The Morgan fingerprint density at radius 3 is 2.62 bits per heavy atom. The number of esters is 1. The van der Waals surface area contributed by atoms with Crippen LogP contribution in [0.4, 0.5) is 0 Å². The molecule has 120 valence electrons. The Labute approximate surface area is 127 Å². The van der Waals surface area contributed by atoms with Crippen LogP contribution in [0.5, 0.6) is 0 Å². The van der Waals surface area contributed by atoms with Crippen LogP contribution in [0.25, 0.3) is 0 Å². The van der Waals surface area contributed by atoms with Gasteiger partial charge in [0.2, 0.25) is 0 Å². The number of hydrogen-bond donors (Lipinski definition) is 1. The van der Waals surface area contributed by atoms with Gasteiger partial charge in [0.25, 0.3) is 0 Å². The van der Waals surface area contributed by atoms with Crippen LogP contribution in [0.1, 0.15) is 69.3 Å². The molecule has 0 saturated carbocycles. The minimum Gasteiger partial charge on any atom is -0.468 e. The number of methoxy groups -OCH3 is 1. The lowest BCUT2D eigenvalue weighted by Gasteiger charge is -2.12. The minimum atomic E-state index is -0.325. The highest BCUT2D eigenvalue weighted by Gasteiger charge is 2.24. The van der Waals surface area contributed by atoms with Gasteiger partial charge in [0.1, 0.15) is 17.4 Å². The first-order chi connectivity index (χ1) is 10.2. The summed E-state index contributed by atoms with van der Waals surface area (Å²) in [7, 11) is 1.41. The highest BCUT2D eigenvalue weighted by atomic mass is 16.5. The van der Waals surface area contributed by atoms with Gasteiger partial charge in [-0.2, -0.15) is 0 Å². The van der Waals surface area contributed by atoms with Crippen molar-refractivity contribution in [3.63, 3.8) is 0 Å². The average Bonchev–Trinajstić information content (AvgIpc) is 2.94. The van der Waals surface area contributed by atoms with Crippen molar-refractivity contribution in [2.24, 2.45) is 0 Å². The average molecular weight is 296 g/mol. The number of ether oxygens (including phenoxy) is 1. The molecular formula is C17H28O4. The molecule has 0 fully saturated rings. The van der Waals surface area contributed by atoms with Crippen LogP contribution in [0.2, 0.25) is 0 Å². The van der Waals surface area contributed by atoms with Gasteiger partial charge >= 0.3 is 5.97 Å². The van der Waals surface area contributed by atoms with Crippen molar-refractivity contribution in [3.05, 3.63) is 23.7 Å². The number of unbranched alkanes of at least 4 members (excludes halogenated alkanes) is 5. The van der Waals surface area contributed by atoms with Gasteiger partial charge in [-0.3, -0.25) is 4.79 Å². The molecule has 1 aromatic rings. The molecule has 0 radical (unpaired) electrons. The summed E-state index contributed by atoms with van der Waals surface area (Å²) in [4.78, 5) is 11.9. The molecule has 21 heavy (non-hydrogen) atoms. The Hall–Kier alpha value is -1.29. The SMILES string of the molecule is CCCCCCCCC(C(=O)OC)c1ccc(CCO)o1. The molecule has 0 aromatic carbocycles. The minimum absolute atomic E-state index is 0.0489. The summed E-state index contributed by atoms with van der Waals surface area (Å²) in [6.07, 6.45) is 8.37. The van der Waals surface area contributed by atoms with E-state index in [4.69, 9.17) is 14.3 Å². The second-order valence-electron chi connectivity index (χ2n) is 5.41. The summed E-state index contributed by atoms with van der Waals surface area (Å²) in [5, 5.41) is 8.92. The Morgan fingerprint density at radius 2 is 1.95 bits per heavy atom. The fourth-order valence-electron chi connectivity index (χ4n) is 2.47. The number of carbonyl (C=O) groups is 1. The first-order valence-electron chi connectivity index (χ1n) is 8.00. The third-order valence-electron chi connectivity index (χ3n) is 3.72. The van der Waals surface area contributed by atoms with Crippen LogP contribution < -0.4 is 0 Å². The summed E-state index contributed by atoms with van der Waals surface area (Å²) < 4.78 is 10.5. The van der Waals surface area contributed by atoms with Crippen molar-refractivity contribution in [2.75, 3.05) is 13.7 Å². The van der Waals surface area contributed by atoms with Gasteiger partial charge in [0.15, 0.2) is 0 Å². The zero-order chi connectivity index (χ0) is 15.5. The zero-order valence-electron chi connectivity index (χ0n) is 13.3. The largest absolute Gasteiger partial charge is 0.468 e. The van der Waals surface area contributed by atoms with Crippen molar-refractivity contribution >= 4 is 5.97 Å². The van der Waals surface area contributed by atoms with Crippen molar-refractivity contribution in [1.82, 2.24) is 0 Å². The second kappa shape index (κ2) is 10.4. The van der Waals surface area contributed by atoms with E-state index < -0.39 is 0 Å². The molecule has 0 aliphatic heterocycles. The van der Waals surface area contributed by atoms with Crippen LogP contribution in [0.3, 0.4) is 0 Å². The maximum Gasteiger partial charge on any atom is 0.316 e. The summed E-state index contributed by atoms with van der Waals surface area (Å²) in [5.74, 6) is 0.797. The number of aliphatic hydroxyl groups excluding tert-OH is 1. The second-order valence-corrected chi connectivity index (χ2v) is 5.41.